The van der Waals surface area contributed by atoms with Crippen LogP contribution in [0.2, 0.25) is 0 Å². The van der Waals surface area contributed by atoms with Crippen molar-refractivity contribution in [3.63, 3.8) is 0 Å². The molecule has 1 heterocycles. The number of imide groups is 1. The van der Waals surface area contributed by atoms with Crippen LogP contribution in [0.25, 0.3) is 0 Å². The minimum Gasteiger partial charge on any atom is -0.465 e. The number of benzene rings is 1. The van der Waals surface area contributed by atoms with E-state index >= 15 is 0 Å². The molecular formula is C18H22N2O6S. The van der Waals surface area contributed by atoms with E-state index in [-0.39, 0.29) is 30.7 Å². The summed E-state index contributed by atoms with van der Waals surface area (Å²) in [4.78, 5) is 50.5. The molecule has 1 aromatic rings. The van der Waals surface area contributed by atoms with E-state index in [1.165, 1.54) is 11.8 Å². The molecule has 0 bridgehead atoms. The molecule has 1 aliphatic heterocycles. The number of rotatable bonds is 10. The van der Waals surface area contributed by atoms with Gasteiger partial charge in [0.15, 0.2) is 0 Å². The maximum Gasteiger partial charge on any atom is 0.325 e. The van der Waals surface area contributed by atoms with Crippen LogP contribution in [0.4, 0.5) is 0 Å². The normalized spacial score (nSPS) is 14.1. The van der Waals surface area contributed by atoms with Crippen molar-refractivity contribution in [3.05, 3.63) is 35.4 Å². The Kier molecular flexibility index (Phi) is 7.81. The summed E-state index contributed by atoms with van der Waals surface area (Å²) < 4.78 is 9.74. The van der Waals surface area contributed by atoms with Gasteiger partial charge in [-0.2, -0.15) is 0 Å². The minimum atomic E-state index is -1.02. The van der Waals surface area contributed by atoms with Gasteiger partial charge in [-0.25, -0.2) is 0 Å². The van der Waals surface area contributed by atoms with Gasteiger partial charge < -0.3 is 14.8 Å². The number of esters is 1. The quantitative estimate of drug-likeness (QED) is 0.274. The predicted molar refractivity (Wildman–Crippen MR) is 99.3 cm³/mol. The average Bonchev–Trinajstić information content (AvgIpc) is 2.92. The molecule has 9 heteroatoms. The van der Waals surface area contributed by atoms with E-state index in [4.69, 9.17) is 9.47 Å². The van der Waals surface area contributed by atoms with Gasteiger partial charge in [-0.1, -0.05) is 12.1 Å². The molecule has 2 rings (SSSR count). The summed E-state index contributed by atoms with van der Waals surface area (Å²) in [6.07, 6.45) is 0.244. The van der Waals surface area contributed by atoms with E-state index in [1.807, 2.05) is 0 Å². The van der Waals surface area contributed by atoms with E-state index in [2.05, 4.69) is 5.32 Å². The van der Waals surface area contributed by atoms with Gasteiger partial charge in [0.25, 0.3) is 11.8 Å². The summed E-state index contributed by atoms with van der Waals surface area (Å²) in [5.41, 5.74) is 0.547. The molecule has 1 aromatic carbocycles. The standard InChI is InChI=1S/C18H22N2O6S/c1-3-26-15(21)10-19-16(22)14(8-9-27-11-25-2)20-17(23)12-6-4-5-7-13(12)18(20)24/h4-7,14H,3,8-11H2,1-2H3,(H,19,22)/t14-/m0/s1. The minimum absolute atomic E-state index is 0.199. The van der Waals surface area contributed by atoms with Crippen molar-refractivity contribution in [1.29, 1.82) is 0 Å². The molecule has 0 aromatic heterocycles. The van der Waals surface area contributed by atoms with Crippen LogP contribution in [0.1, 0.15) is 34.1 Å². The molecule has 0 saturated carbocycles. The lowest BCUT2D eigenvalue weighted by molar-refractivity contribution is -0.143. The Morgan fingerprint density at radius 3 is 2.37 bits per heavy atom. The van der Waals surface area contributed by atoms with Crippen LogP contribution in [0.3, 0.4) is 0 Å². The number of thioether (sulfide) groups is 1. The second kappa shape index (κ2) is 10.1. The topological polar surface area (TPSA) is 102 Å². The third-order valence-electron chi connectivity index (χ3n) is 3.89. The van der Waals surface area contributed by atoms with Crippen molar-refractivity contribution in [3.8, 4) is 0 Å². The van der Waals surface area contributed by atoms with Crippen LogP contribution in [-0.4, -0.2) is 66.6 Å². The van der Waals surface area contributed by atoms with E-state index < -0.39 is 29.7 Å². The number of nitrogens with zero attached hydrogens (tertiary/aromatic N) is 1. The molecule has 0 unspecified atom stereocenters. The molecule has 8 nitrogen and oxygen atoms in total. The van der Waals surface area contributed by atoms with Crippen molar-refractivity contribution in [2.24, 2.45) is 0 Å². The molecule has 1 aliphatic rings. The van der Waals surface area contributed by atoms with Gasteiger partial charge in [0.1, 0.15) is 12.6 Å². The van der Waals surface area contributed by atoms with Crippen LogP contribution in [-0.2, 0) is 19.1 Å². The zero-order chi connectivity index (χ0) is 19.8. The fraction of sp³-hybridized carbons (Fsp3) is 0.444. The second-order valence-electron chi connectivity index (χ2n) is 5.67. The number of carbonyl (C=O) groups is 4. The van der Waals surface area contributed by atoms with E-state index in [1.54, 1.807) is 38.3 Å². The first-order valence-corrected chi connectivity index (χ1v) is 9.63. The smallest absolute Gasteiger partial charge is 0.325 e. The first-order chi connectivity index (χ1) is 13.0. The van der Waals surface area contributed by atoms with Crippen LogP contribution < -0.4 is 5.32 Å². The number of carbonyl (C=O) groups excluding carboxylic acids is 4. The monoisotopic (exact) mass is 394 g/mol. The van der Waals surface area contributed by atoms with Crippen LogP contribution in [0, 0.1) is 0 Å². The van der Waals surface area contributed by atoms with Gasteiger partial charge in [0, 0.05) is 7.11 Å². The molecule has 0 radical (unpaired) electrons. The molecule has 0 fully saturated rings. The maximum atomic E-state index is 12.7. The Morgan fingerprint density at radius 1 is 1.19 bits per heavy atom. The van der Waals surface area contributed by atoms with Gasteiger partial charge >= 0.3 is 5.97 Å². The molecule has 0 saturated heterocycles. The molecule has 1 atom stereocenters. The summed E-state index contributed by atoms with van der Waals surface area (Å²) >= 11 is 1.43. The maximum absolute atomic E-state index is 12.7. The fourth-order valence-corrected chi connectivity index (χ4v) is 3.37. The summed E-state index contributed by atoms with van der Waals surface area (Å²) in [7, 11) is 1.56. The Bertz CT molecular complexity index is 689. The number of hydrogen-bond donors (Lipinski definition) is 1. The highest BCUT2D eigenvalue weighted by Gasteiger charge is 2.42. The zero-order valence-electron chi connectivity index (χ0n) is 15.2. The lowest BCUT2D eigenvalue weighted by atomic mass is 10.1. The van der Waals surface area contributed by atoms with E-state index in [0.717, 1.165) is 4.90 Å². The molecule has 27 heavy (non-hydrogen) atoms. The Labute approximate surface area is 161 Å². The molecule has 146 valence electrons. The first kappa shape index (κ1) is 20.9. The second-order valence-corrected chi connectivity index (χ2v) is 6.72. The van der Waals surface area contributed by atoms with Gasteiger partial charge in [-0.15, -0.1) is 11.8 Å². The summed E-state index contributed by atoms with van der Waals surface area (Å²) in [6.45, 7) is 1.54. The number of hydrogen-bond acceptors (Lipinski definition) is 7. The van der Waals surface area contributed by atoms with Crippen LogP contribution in [0.5, 0.6) is 0 Å². The first-order valence-electron chi connectivity index (χ1n) is 8.48. The highest BCUT2D eigenvalue weighted by molar-refractivity contribution is 7.99. The molecular weight excluding hydrogens is 372 g/mol. The number of ether oxygens (including phenoxy) is 2. The Hall–Kier alpha value is -2.39. The third-order valence-corrected chi connectivity index (χ3v) is 4.82. The van der Waals surface area contributed by atoms with E-state index in [0.29, 0.717) is 11.7 Å². The van der Waals surface area contributed by atoms with Crippen molar-refractivity contribution >= 4 is 35.5 Å². The van der Waals surface area contributed by atoms with Gasteiger partial charge in [-0.05, 0) is 31.2 Å². The predicted octanol–water partition coefficient (Wildman–Crippen LogP) is 1.06. The largest absolute Gasteiger partial charge is 0.465 e. The number of methoxy groups -OCH3 is 1. The van der Waals surface area contributed by atoms with Crippen LogP contribution >= 0.6 is 11.8 Å². The highest BCUT2D eigenvalue weighted by atomic mass is 32.2. The van der Waals surface area contributed by atoms with Gasteiger partial charge in [0.05, 0.1) is 23.7 Å². The average molecular weight is 394 g/mol. The highest BCUT2D eigenvalue weighted by Crippen LogP contribution is 2.26. The molecule has 0 aliphatic carbocycles. The zero-order valence-corrected chi connectivity index (χ0v) is 16.0. The van der Waals surface area contributed by atoms with Crippen molar-refractivity contribution in [2.45, 2.75) is 19.4 Å². The van der Waals surface area contributed by atoms with Crippen molar-refractivity contribution < 1.29 is 28.7 Å². The number of amides is 3. The van der Waals surface area contributed by atoms with Crippen molar-refractivity contribution in [1.82, 2.24) is 10.2 Å². The van der Waals surface area contributed by atoms with Gasteiger partial charge in [-0.3, -0.25) is 24.1 Å². The van der Waals surface area contributed by atoms with Crippen LogP contribution in [0.15, 0.2) is 24.3 Å². The lowest BCUT2D eigenvalue weighted by Crippen LogP contribution is -2.50. The number of nitrogens with one attached hydrogen (secondary N) is 1. The Morgan fingerprint density at radius 2 is 1.81 bits per heavy atom. The third kappa shape index (κ3) is 5.08. The lowest BCUT2D eigenvalue weighted by Gasteiger charge is -2.25. The van der Waals surface area contributed by atoms with Gasteiger partial charge in [0.2, 0.25) is 5.91 Å². The van der Waals surface area contributed by atoms with E-state index in [9.17, 15) is 19.2 Å². The fourth-order valence-electron chi connectivity index (χ4n) is 2.69. The summed E-state index contributed by atoms with van der Waals surface area (Å²) in [6, 6.07) is 5.43. The summed E-state index contributed by atoms with van der Waals surface area (Å²) in [5.74, 6) is -1.25. The molecule has 0 spiro atoms. The number of fused-ring (bicyclic) bond motifs is 1. The Balaban J connectivity index is 2.14. The summed E-state index contributed by atoms with van der Waals surface area (Å²) in [5, 5.41) is 2.45. The SMILES string of the molecule is CCOC(=O)CNC(=O)[C@H](CCSCOC)N1C(=O)c2ccccc2C1=O. The molecule has 1 N–H and O–H groups in total. The molecule has 3 amide bonds. The van der Waals surface area contributed by atoms with Crippen molar-refractivity contribution in [2.75, 3.05) is 32.0 Å².